The van der Waals surface area contributed by atoms with Crippen LogP contribution in [0, 0.1) is 11.3 Å². The van der Waals surface area contributed by atoms with E-state index >= 15 is 0 Å². The van der Waals surface area contributed by atoms with E-state index in [-0.39, 0.29) is 5.56 Å². The van der Waals surface area contributed by atoms with Crippen LogP contribution in [0.1, 0.15) is 61.1 Å². The quantitative estimate of drug-likeness (QED) is 0.137. The summed E-state index contributed by atoms with van der Waals surface area (Å²) in [6.07, 6.45) is 5.60. The highest BCUT2D eigenvalue weighted by atomic mass is 16.5. The van der Waals surface area contributed by atoms with E-state index in [1.165, 1.54) is 6.20 Å². The largest absolute Gasteiger partial charge is 0.493 e. The lowest BCUT2D eigenvalue weighted by atomic mass is 9.89. The number of pyridine rings is 1. The zero-order valence-corrected chi connectivity index (χ0v) is 23.2. The summed E-state index contributed by atoms with van der Waals surface area (Å²) in [6.45, 7) is 6.07. The first-order valence-electron chi connectivity index (χ1n) is 13.7. The molecule has 1 aromatic carbocycles. The Morgan fingerprint density at radius 2 is 2.00 bits per heavy atom. The van der Waals surface area contributed by atoms with Gasteiger partial charge in [0.1, 0.15) is 28.8 Å². The molecule has 0 saturated carbocycles. The monoisotopic (exact) mass is 547 g/mol. The topological polar surface area (TPSA) is 156 Å². The minimum absolute atomic E-state index is 0.295. The van der Waals surface area contributed by atoms with Crippen molar-refractivity contribution >= 4 is 23.1 Å². The molecule has 1 fully saturated rings. The maximum Gasteiger partial charge on any atom is 0.276 e. The molecule has 4 rings (SSSR count). The molecule has 40 heavy (non-hydrogen) atoms. The average Bonchev–Trinajstić information content (AvgIpc) is 2.98. The standard InChI is InChI=1S/C29H37N7O4/c1-4-6-22(30)25-26(31-3)29(38)34-27(33-25)21-16-19(7-9-23(21)40-5-2)15-18-11-13-36(14-12-18)24-10-8-20(17-32-24)28(37)35-39/h7-10,16-18,30-31,39H,4-6,11-15H2,1-3H3,(H,35,37)(H,33,34,38). The molecule has 0 spiro atoms. The summed E-state index contributed by atoms with van der Waals surface area (Å²) >= 11 is 0. The number of piperidine rings is 1. The number of carbonyl (C=O) groups excluding carboxylic acids is 1. The molecule has 1 aliphatic heterocycles. The van der Waals surface area contributed by atoms with Crippen LogP contribution in [-0.4, -0.2) is 58.5 Å². The molecule has 2 aromatic heterocycles. The maximum atomic E-state index is 12.9. The Bertz CT molecular complexity index is 1400. The van der Waals surface area contributed by atoms with Gasteiger partial charge in [-0.15, -0.1) is 0 Å². The van der Waals surface area contributed by atoms with Crippen molar-refractivity contribution < 1.29 is 14.7 Å². The van der Waals surface area contributed by atoms with E-state index in [1.54, 1.807) is 24.7 Å². The fourth-order valence-electron chi connectivity index (χ4n) is 5.06. The van der Waals surface area contributed by atoms with Crippen molar-refractivity contribution in [2.45, 2.75) is 46.0 Å². The number of rotatable bonds is 11. The number of aromatic amines is 1. The maximum absolute atomic E-state index is 12.9. The molecule has 11 nitrogen and oxygen atoms in total. The number of aromatic nitrogens is 3. The lowest BCUT2D eigenvalue weighted by Gasteiger charge is -2.33. The number of nitrogens with one attached hydrogen (secondary N) is 4. The van der Waals surface area contributed by atoms with E-state index in [0.29, 0.717) is 58.7 Å². The van der Waals surface area contributed by atoms with E-state index in [4.69, 9.17) is 20.3 Å². The number of ether oxygens (including phenoxy) is 1. The predicted molar refractivity (Wildman–Crippen MR) is 155 cm³/mol. The third kappa shape index (κ3) is 6.48. The van der Waals surface area contributed by atoms with Gasteiger partial charge in [-0.3, -0.25) is 14.8 Å². The Hall–Kier alpha value is -4.25. The summed E-state index contributed by atoms with van der Waals surface area (Å²) in [5, 5.41) is 20.2. The highest BCUT2D eigenvalue weighted by Gasteiger charge is 2.22. The van der Waals surface area contributed by atoms with Crippen molar-refractivity contribution in [1.29, 1.82) is 5.41 Å². The highest BCUT2D eigenvalue weighted by molar-refractivity contribution is 6.01. The van der Waals surface area contributed by atoms with Gasteiger partial charge in [-0.25, -0.2) is 15.4 Å². The van der Waals surface area contributed by atoms with Gasteiger partial charge < -0.3 is 25.3 Å². The molecule has 0 aliphatic carbocycles. The van der Waals surface area contributed by atoms with Crippen LogP contribution in [0.15, 0.2) is 41.3 Å². The number of amides is 1. The molecule has 0 unspecified atom stereocenters. The summed E-state index contributed by atoms with van der Waals surface area (Å²) < 4.78 is 5.89. The zero-order chi connectivity index (χ0) is 28.6. The summed E-state index contributed by atoms with van der Waals surface area (Å²) in [6, 6.07) is 9.48. The number of benzene rings is 1. The third-order valence-corrected chi connectivity index (χ3v) is 7.13. The van der Waals surface area contributed by atoms with E-state index in [0.717, 1.165) is 50.2 Å². The minimum atomic E-state index is -0.583. The number of anilines is 2. The van der Waals surface area contributed by atoms with Gasteiger partial charge in [0.05, 0.1) is 23.4 Å². The number of hydrogen-bond acceptors (Lipinski definition) is 9. The summed E-state index contributed by atoms with van der Waals surface area (Å²) in [5.41, 5.74) is 4.42. The van der Waals surface area contributed by atoms with Crippen LogP contribution >= 0.6 is 0 Å². The fraction of sp³-hybridized carbons (Fsp3) is 0.414. The molecule has 3 heterocycles. The van der Waals surface area contributed by atoms with E-state index in [1.807, 2.05) is 26.0 Å². The third-order valence-electron chi connectivity index (χ3n) is 7.13. The number of hydroxylamine groups is 1. The van der Waals surface area contributed by atoms with Crippen LogP contribution in [0.4, 0.5) is 11.5 Å². The number of nitrogens with zero attached hydrogens (tertiary/aromatic N) is 3. The first-order chi connectivity index (χ1) is 19.4. The highest BCUT2D eigenvalue weighted by Crippen LogP contribution is 2.32. The second kappa shape index (κ2) is 13.2. The minimum Gasteiger partial charge on any atom is -0.493 e. The van der Waals surface area contributed by atoms with Gasteiger partial charge in [0.25, 0.3) is 11.5 Å². The molecular formula is C29H37N7O4. The second-order valence-electron chi connectivity index (χ2n) is 9.86. The van der Waals surface area contributed by atoms with Gasteiger partial charge in [-0.05, 0) is 68.4 Å². The van der Waals surface area contributed by atoms with Gasteiger partial charge in [0.2, 0.25) is 0 Å². The van der Waals surface area contributed by atoms with Crippen LogP contribution in [0.5, 0.6) is 5.75 Å². The van der Waals surface area contributed by atoms with Crippen molar-refractivity contribution in [3.05, 3.63) is 63.7 Å². The van der Waals surface area contributed by atoms with Crippen LogP contribution in [0.3, 0.4) is 0 Å². The number of H-pyrrole nitrogens is 1. The molecule has 0 bridgehead atoms. The summed E-state index contributed by atoms with van der Waals surface area (Å²) in [4.78, 5) is 38.7. The summed E-state index contributed by atoms with van der Waals surface area (Å²) in [7, 11) is 1.66. The van der Waals surface area contributed by atoms with Crippen LogP contribution < -0.4 is 26.0 Å². The normalized spacial score (nSPS) is 13.7. The van der Waals surface area contributed by atoms with Crippen molar-refractivity contribution in [3.63, 3.8) is 0 Å². The Balaban J connectivity index is 1.52. The van der Waals surface area contributed by atoms with Crippen LogP contribution in [0.25, 0.3) is 11.4 Å². The number of hydrogen-bond donors (Lipinski definition) is 5. The average molecular weight is 548 g/mol. The molecule has 3 aromatic rings. The van der Waals surface area contributed by atoms with Gasteiger partial charge in [0, 0.05) is 26.3 Å². The molecule has 1 aliphatic rings. The zero-order valence-electron chi connectivity index (χ0n) is 23.2. The Morgan fingerprint density at radius 1 is 1.23 bits per heavy atom. The molecule has 0 atom stereocenters. The van der Waals surface area contributed by atoms with Crippen LogP contribution in [-0.2, 0) is 6.42 Å². The molecule has 5 N–H and O–H groups in total. The van der Waals surface area contributed by atoms with Crippen molar-refractivity contribution in [2.75, 3.05) is 37.0 Å². The molecule has 11 heteroatoms. The number of carbonyl (C=O) groups is 1. The lowest BCUT2D eigenvalue weighted by molar-refractivity contribution is 0.0706. The fourth-order valence-corrected chi connectivity index (χ4v) is 5.06. The van der Waals surface area contributed by atoms with Gasteiger partial charge in [-0.1, -0.05) is 19.4 Å². The van der Waals surface area contributed by atoms with Crippen molar-refractivity contribution in [2.24, 2.45) is 5.92 Å². The second-order valence-corrected chi connectivity index (χ2v) is 9.86. The molecular weight excluding hydrogens is 510 g/mol. The smallest absolute Gasteiger partial charge is 0.276 e. The van der Waals surface area contributed by atoms with E-state index < -0.39 is 5.91 Å². The first-order valence-corrected chi connectivity index (χ1v) is 13.7. The Kier molecular flexibility index (Phi) is 9.49. The van der Waals surface area contributed by atoms with E-state index in [2.05, 4.69) is 26.3 Å². The summed E-state index contributed by atoms with van der Waals surface area (Å²) in [5.74, 6) is 1.72. The SMILES string of the molecule is CCCC(=N)c1nc(-c2cc(CC3CCN(c4ccc(C(=O)NO)cn4)CC3)ccc2OCC)[nH]c(=O)c1NC. The van der Waals surface area contributed by atoms with Crippen molar-refractivity contribution in [1.82, 2.24) is 20.4 Å². The molecule has 0 radical (unpaired) electrons. The van der Waals surface area contributed by atoms with Crippen molar-refractivity contribution in [3.8, 4) is 17.1 Å². The predicted octanol–water partition coefficient (Wildman–Crippen LogP) is 4.02. The molecule has 212 valence electrons. The first kappa shape index (κ1) is 28.8. The van der Waals surface area contributed by atoms with E-state index in [9.17, 15) is 9.59 Å². The van der Waals surface area contributed by atoms with Crippen LogP contribution in [0.2, 0.25) is 0 Å². The molecule has 1 amide bonds. The van der Waals surface area contributed by atoms with Gasteiger partial charge in [0.15, 0.2) is 0 Å². The molecule has 1 saturated heterocycles. The Labute approximate surface area is 233 Å². The lowest BCUT2D eigenvalue weighted by Crippen LogP contribution is -2.35. The van der Waals surface area contributed by atoms with Gasteiger partial charge in [-0.2, -0.15) is 0 Å². The Morgan fingerprint density at radius 3 is 2.62 bits per heavy atom. The van der Waals surface area contributed by atoms with Gasteiger partial charge >= 0.3 is 0 Å².